The van der Waals surface area contributed by atoms with E-state index in [1.165, 1.54) is 160 Å². The largest absolute Gasteiger partial charge is 1.00 e. The van der Waals surface area contributed by atoms with Gasteiger partial charge in [0.15, 0.2) is 17.0 Å². The molecule has 16 heteroatoms. The van der Waals surface area contributed by atoms with Crippen molar-refractivity contribution in [1.82, 2.24) is 0 Å². The molecular formula is C75H109NaO15. The molecule has 21 atom stereocenters. The van der Waals surface area contributed by atoms with Gasteiger partial charge in [0, 0.05) is 17.4 Å². The number of benzene rings is 3. The predicted molar refractivity (Wildman–Crippen MR) is 341 cm³/mol. The van der Waals surface area contributed by atoms with E-state index in [0.29, 0.717) is 64.3 Å². The number of carbonyl (C=O) groups excluding carboxylic acids is 3. The molecular weight excluding hydrogens is 1160 g/mol. The zero-order valence-corrected chi connectivity index (χ0v) is 58.5. The van der Waals surface area contributed by atoms with Crippen LogP contribution in [0.15, 0.2) is 72.8 Å². The second-order valence-electron chi connectivity index (χ2n) is 27.9. The Morgan fingerprint density at radius 2 is 1.00 bits per heavy atom. The molecule has 500 valence electrons. The number of aromatic hydroxyl groups is 2. The van der Waals surface area contributed by atoms with Gasteiger partial charge in [-0.25, -0.2) is 19.6 Å². The summed E-state index contributed by atoms with van der Waals surface area (Å²) in [6, 6.07) is 21.2. The van der Waals surface area contributed by atoms with Gasteiger partial charge in [-0.3, -0.25) is 9.59 Å². The number of aliphatic hydroxyl groups is 3. The van der Waals surface area contributed by atoms with Crippen LogP contribution in [0.25, 0.3) is 0 Å². The fourth-order valence-corrected chi connectivity index (χ4v) is 19.9. The number of carboxylic acid groups (broad SMARTS) is 1. The number of hydrogen-bond donors (Lipinski definition) is 5. The Balaban J connectivity index is 0.000000166. The summed E-state index contributed by atoms with van der Waals surface area (Å²) in [5, 5.41) is 60.6. The van der Waals surface area contributed by atoms with Crippen molar-refractivity contribution in [3.8, 4) is 17.2 Å². The number of aliphatic carboxylic acids is 1. The molecule has 12 fully saturated rings. The minimum atomic E-state index is -1.83. The second-order valence-corrected chi connectivity index (χ2v) is 27.9. The van der Waals surface area contributed by atoms with Gasteiger partial charge in [0.05, 0.1) is 5.97 Å². The van der Waals surface area contributed by atoms with Crippen molar-refractivity contribution in [1.29, 1.82) is 0 Å². The van der Waals surface area contributed by atoms with E-state index >= 15 is 0 Å². The molecule has 5 N–H and O–H groups in total. The van der Waals surface area contributed by atoms with Crippen LogP contribution < -0.4 is 39.4 Å². The number of carboxylic acids is 1. The fraction of sp³-hybridized carbons (Fsp3) is 0.720. The van der Waals surface area contributed by atoms with Gasteiger partial charge < -0.3 is 44.9 Å². The topological polar surface area (TPSA) is 231 Å². The predicted octanol–water partition coefficient (Wildman–Crippen LogP) is 11.0. The first-order valence-corrected chi connectivity index (χ1v) is 35.5. The number of ketones is 2. The van der Waals surface area contributed by atoms with E-state index in [9.17, 15) is 39.9 Å². The molecule has 3 aromatic carbocycles. The number of aliphatic hydroxyl groups excluding tert-OH is 3. The molecule has 2 spiro atoms. The van der Waals surface area contributed by atoms with E-state index in [1.807, 2.05) is 65.8 Å². The molecule has 6 bridgehead atoms. The number of hydrogen-bond acceptors (Lipinski definition) is 15. The number of rotatable bonds is 6. The van der Waals surface area contributed by atoms with Crippen molar-refractivity contribution in [2.45, 2.75) is 270 Å². The van der Waals surface area contributed by atoms with Gasteiger partial charge in [0.25, 0.3) is 0 Å². The number of phenolic OH excluding ortho intramolecular Hbond substituents is 2. The van der Waals surface area contributed by atoms with Crippen LogP contribution in [0.4, 0.5) is 0 Å². The Morgan fingerprint density at radius 1 is 0.527 bits per heavy atom. The molecule has 0 aromatic heterocycles. The average Bonchev–Trinajstić information content (AvgIpc) is 0.687. The van der Waals surface area contributed by atoms with Crippen molar-refractivity contribution in [3.63, 3.8) is 0 Å². The third-order valence-electron chi connectivity index (χ3n) is 23.8. The molecule has 3 saturated heterocycles. The number of ether oxygens (including phenoxy) is 2. The van der Waals surface area contributed by atoms with Crippen LogP contribution in [0.2, 0.25) is 0 Å². The van der Waals surface area contributed by atoms with E-state index in [1.54, 1.807) is 30.3 Å². The van der Waals surface area contributed by atoms with Crippen LogP contribution in [-0.2, 0) is 45.1 Å². The third-order valence-corrected chi connectivity index (χ3v) is 23.8. The molecule has 91 heavy (non-hydrogen) atoms. The van der Waals surface area contributed by atoms with Gasteiger partial charge in [-0.15, -0.1) is 0 Å². The first kappa shape index (κ1) is 73.4. The maximum atomic E-state index is 12.1. The summed E-state index contributed by atoms with van der Waals surface area (Å²) in [5.74, 6) is 7.57. The zero-order valence-electron chi connectivity index (χ0n) is 56.5. The maximum absolute atomic E-state index is 12.1. The normalized spacial score (nSPS) is 39.9. The van der Waals surface area contributed by atoms with Gasteiger partial charge in [0.1, 0.15) is 58.6 Å². The molecule has 3 heterocycles. The van der Waals surface area contributed by atoms with Crippen LogP contribution in [0, 0.1) is 71.0 Å². The summed E-state index contributed by atoms with van der Waals surface area (Å²) >= 11 is 0. The summed E-state index contributed by atoms with van der Waals surface area (Å²) in [6.45, 7) is 17.7. The standard InChI is InChI=1S/C27H36O9.C21H28O3.C13H20O.C8H8O2.3C2H6.Na/c1-26(27(36-35-26)16-8-5-11-19(27)18-10-3-2-6-14(18)12-16)15-7-4-9-17(13-15)33-25-22(30)20(28)21(29)23(34-25)24(31)32;1-20(15-7-4-9-17(22)13-15)21(24-23-20)16-8-5-11-19(21)18-10-3-2-6-14(18)12-16;14-13-10-5-3-7-12(13)11-6-2-1-4-9(11)8-10;1-6(9)7-3-2-4-8(10)5-7;3*1-2;/h4,7,9,13-14,16,18-23,25,28-30H,2-3,5-6,8,10-12H2,1H3,(H,31,32);4,7,9,13-14,16,18-19,22H,2-3,5-6,8,10-12H2,1H3;9-12H,1-8H2;2-5,10H,1H3;3*1-2H3;/q;;;;;;;+1/p-1/t14?,16?,18?,19?,20-,21-,22?,23?,25+,26?,27?;;;;;;;/m0......./s1. The maximum Gasteiger partial charge on any atom is 1.00 e. The van der Waals surface area contributed by atoms with Crippen LogP contribution in [0.3, 0.4) is 0 Å². The van der Waals surface area contributed by atoms with Gasteiger partial charge in [-0.05, 0) is 205 Å². The fourth-order valence-electron chi connectivity index (χ4n) is 19.9. The van der Waals surface area contributed by atoms with E-state index in [4.69, 9.17) is 34.1 Å². The zero-order chi connectivity index (χ0) is 64.7. The van der Waals surface area contributed by atoms with Gasteiger partial charge in [-0.1, -0.05) is 155 Å². The third kappa shape index (κ3) is 14.1. The van der Waals surface area contributed by atoms with Crippen LogP contribution in [0.5, 0.6) is 17.2 Å². The van der Waals surface area contributed by atoms with Gasteiger partial charge in [-0.2, -0.15) is 0 Å². The Bertz CT molecular complexity index is 2850. The van der Waals surface area contributed by atoms with Crippen molar-refractivity contribution in [3.05, 3.63) is 89.5 Å². The molecule has 3 aromatic rings. The molecule has 0 amide bonds. The quantitative estimate of drug-likeness (QED) is 0.0878. The van der Waals surface area contributed by atoms with Gasteiger partial charge in [0.2, 0.25) is 6.29 Å². The van der Waals surface area contributed by atoms with E-state index in [2.05, 4.69) is 19.9 Å². The summed E-state index contributed by atoms with van der Waals surface area (Å²) in [4.78, 5) is 58.2. The minimum absolute atomic E-state index is 0. The first-order chi connectivity index (χ1) is 43.5. The van der Waals surface area contributed by atoms with Crippen molar-refractivity contribution < 1.29 is 104 Å². The summed E-state index contributed by atoms with van der Waals surface area (Å²) in [5.41, 5.74) is 0.796. The monoisotopic (exact) mass is 1270 g/mol. The molecule has 0 radical (unpaired) electrons. The molecule has 15 nitrogen and oxygen atoms in total. The van der Waals surface area contributed by atoms with E-state index in [-0.39, 0.29) is 46.7 Å². The number of carbonyl (C=O) groups is 3. The van der Waals surface area contributed by atoms with E-state index in [0.717, 1.165) is 53.6 Å². The van der Waals surface area contributed by atoms with Crippen LogP contribution >= 0.6 is 0 Å². The average molecular weight is 1270 g/mol. The van der Waals surface area contributed by atoms with E-state index < -0.39 is 53.5 Å². The Morgan fingerprint density at radius 3 is 1.48 bits per heavy atom. The van der Waals surface area contributed by atoms with Crippen molar-refractivity contribution in [2.24, 2.45) is 71.0 Å². The summed E-state index contributed by atoms with van der Waals surface area (Å²) in [7, 11) is 0. The van der Waals surface area contributed by atoms with Crippen molar-refractivity contribution >= 4 is 17.5 Å². The number of fused-ring (bicyclic) bond motifs is 8. The molecule has 9 saturated carbocycles. The molecule has 3 aliphatic heterocycles. The van der Waals surface area contributed by atoms with Gasteiger partial charge >= 0.3 is 29.6 Å². The number of phenols is 2. The Kier molecular flexibility index (Phi) is 25.9. The first-order valence-electron chi connectivity index (χ1n) is 35.5. The molecule has 18 unspecified atom stereocenters. The molecule has 12 aliphatic rings. The second kappa shape index (κ2) is 32.1. The minimum Gasteiger partial charge on any atom is -0.547 e. The molecule has 9 aliphatic carbocycles. The van der Waals surface area contributed by atoms with Crippen LogP contribution in [0.1, 0.15) is 238 Å². The summed E-state index contributed by atoms with van der Waals surface area (Å²) < 4.78 is 11.0. The Labute approximate surface area is 565 Å². The molecule has 15 rings (SSSR count). The number of Topliss-reactive ketones (excluding diaryl/α,β-unsaturated/α-hetero) is 2. The smallest absolute Gasteiger partial charge is 0.547 e. The van der Waals surface area contributed by atoms with Crippen LogP contribution in [-0.4, -0.2) is 85.0 Å². The SMILES string of the molecule is CC.CC.CC.CC(=O)c1cccc(O)c1.CC1(c2cccc(O)c2)OOC12C1CCCC2C2CCCCC2C1.CC1(c2cccc(O[C@@H]3OC(C(=O)[O-])[C@@H](O)[C@H](O)C3O)c2)OOC12C1CCCC2C2CCCCC2C1.O=C1C2CCCC1C1CCCCC1C2.[Na+]. The summed E-state index contributed by atoms with van der Waals surface area (Å²) in [6.07, 6.45) is 22.6. The van der Waals surface area contributed by atoms with Crippen molar-refractivity contribution in [2.75, 3.05) is 0 Å². The Hall–Kier alpha value is -3.45.